The van der Waals surface area contributed by atoms with Gasteiger partial charge in [-0.1, -0.05) is 133 Å². The first kappa shape index (κ1) is 51.9. The molecule has 2 unspecified atom stereocenters. The van der Waals surface area contributed by atoms with Crippen molar-refractivity contribution in [3.8, 4) is 0 Å². The summed E-state index contributed by atoms with van der Waals surface area (Å²) in [7, 11) is -4.63. The van der Waals surface area contributed by atoms with E-state index in [1.165, 1.54) is 38.5 Å². The highest BCUT2D eigenvalue weighted by molar-refractivity contribution is 7.47. The van der Waals surface area contributed by atoms with Crippen molar-refractivity contribution in [1.82, 2.24) is 0 Å². The van der Waals surface area contributed by atoms with Crippen LogP contribution in [-0.4, -0.2) is 76.9 Å². The maximum Gasteiger partial charge on any atom is 0.472 e. The predicted octanol–water partition coefficient (Wildman–Crippen LogP) is 9.53. The molecule has 4 N–H and O–H groups in total. The molecular formula is C42H75O11P. The van der Waals surface area contributed by atoms with Crippen LogP contribution in [0.15, 0.2) is 48.6 Å². The summed E-state index contributed by atoms with van der Waals surface area (Å²) in [5.41, 5.74) is 0. The molecule has 0 aliphatic carbocycles. The van der Waals surface area contributed by atoms with Gasteiger partial charge in [-0.15, -0.1) is 0 Å². The van der Waals surface area contributed by atoms with Crippen LogP contribution in [0, 0.1) is 0 Å². The molecule has 0 amide bonds. The number of rotatable bonds is 38. The summed E-state index contributed by atoms with van der Waals surface area (Å²) >= 11 is 0. The zero-order valence-corrected chi connectivity index (χ0v) is 34.4. The second-order valence-electron chi connectivity index (χ2n) is 13.8. The first-order chi connectivity index (χ1) is 26.1. The lowest BCUT2D eigenvalue weighted by Crippen LogP contribution is -2.29. The summed E-state index contributed by atoms with van der Waals surface area (Å²) in [5, 5.41) is 28.2. The monoisotopic (exact) mass is 787 g/mol. The lowest BCUT2D eigenvalue weighted by Gasteiger charge is -2.20. The fraction of sp³-hybridized carbons (Fsp3) is 0.762. The van der Waals surface area contributed by atoms with Crippen molar-refractivity contribution in [2.24, 2.45) is 0 Å². The molecule has 0 saturated heterocycles. The van der Waals surface area contributed by atoms with E-state index in [-0.39, 0.29) is 19.4 Å². The van der Waals surface area contributed by atoms with Gasteiger partial charge in [0.25, 0.3) is 0 Å². The van der Waals surface area contributed by atoms with Crippen molar-refractivity contribution >= 4 is 19.8 Å². The van der Waals surface area contributed by atoms with E-state index in [0.717, 1.165) is 77.0 Å². The summed E-state index contributed by atoms with van der Waals surface area (Å²) in [6, 6.07) is 0. The van der Waals surface area contributed by atoms with E-state index < -0.39 is 57.9 Å². The molecule has 11 nitrogen and oxygen atoms in total. The van der Waals surface area contributed by atoms with Gasteiger partial charge < -0.3 is 29.7 Å². The van der Waals surface area contributed by atoms with Crippen LogP contribution in [0.2, 0.25) is 0 Å². The van der Waals surface area contributed by atoms with Crippen LogP contribution >= 0.6 is 7.82 Å². The molecule has 12 heteroatoms. The number of phosphoric ester groups is 1. The number of ether oxygens (including phenoxy) is 2. The molecule has 54 heavy (non-hydrogen) atoms. The molecule has 314 valence electrons. The van der Waals surface area contributed by atoms with Crippen LogP contribution in [0.25, 0.3) is 0 Å². The summed E-state index contributed by atoms with van der Waals surface area (Å²) in [4.78, 5) is 34.9. The van der Waals surface area contributed by atoms with E-state index in [1.807, 2.05) is 24.3 Å². The minimum Gasteiger partial charge on any atom is -0.462 e. The zero-order valence-electron chi connectivity index (χ0n) is 33.5. The smallest absolute Gasteiger partial charge is 0.462 e. The quantitative estimate of drug-likeness (QED) is 0.0155. The SMILES string of the molecule is CC/C=C/CC(O)/C=C/C=C/CCCCCCCC(=O)OC[C@H](COP(=O)(O)OC[C@@H](O)CO)OC(=O)CCCCCCC/C=C\CCCCCCCC. The topological polar surface area (TPSA) is 169 Å². The third-order valence-electron chi connectivity index (χ3n) is 8.55. The van der Waals surface area contributed by atoms with Gasteiger partial charge in [0, 0.05) is 12.8 Å². The summed E-state index contributed by atoms with van der Waals surface area (Å²) in [5.74, 6) is -0.991. The molecule has 0 rings (SSSR count). The van der Waals surface area contributed by atoms with Crippen LogP contribution in [0.4, 0.5) is 0 Å². The summed E-state index contributed by atoms with van der Waals surface area (Å²) in [6.45, 7) is 2.10. The van der Waals surface area contributed by atoms with E-state index in [0.29, 0.717) is 19.3 Å². The number of hydrogen-bond acceptors (Lipinski definition) is 10. The van der Waals surface area contributed by atoms with Crippen molar-refractivity contribution in [2.75, 3.05) is 26.4 Å². The molecule has 0 radical (unpaired) electrons. The van der Waals surface area contributed by atoms with Crippen LogP contribution in [0.1, 0.15) is 162 Å². The van der Waals surface area contributed by atoms with Crippen LogP contribution in [0.5, 0.6) is 0 Å². The van der Waals surface area contributed by atoms with Crippen LogP contribution in [0.3, 0.4) is 0 Å². The van der Waals surface area contributed by atoms with Crippen molar-refractivity contribution in [2.45, 2.75) is 180 Å². The van der Waals surface area contributed by atoms with Gasteiger partial charge in [0.15, 0.2) is 6.10 Å². The number of carbonyl (C=O) groups excluding carboxylic acids is 2. The maximum atomic E-state index is 12.6. The van der Waals surface area contributed by atoms with E-state index in [2.05, 4.69) is 36.6 Å². The van der Waals surface area contributed by atoms with Gasteiger partial charge >= 0.3 is 19.8 Å². The molecule has 0 spiro atoms. The Bertz CT molecular complexity index is 1060. The van der Waals surface area contributed by atoms with E-state index in [4.69, 9.17) is 19.1 Å². The van der Waals surface area contributed by atoms with Gasteiger partial charge in [-0.3, -0.25) is 18.6 Å². The van der Waals surface area contributed by atoms with Gasteiger partial charge in [-0.05, 0) is 64.2 Å². The van der Waals surface area contributed by atoms with E-state index >= 15 is 0 Å². The third kappa shape index (κ3) is 36.8. The molecule has 0 fully saturated rings. The van der Waals surface area contributed by atoms with Crippen molar-refractivity contribution in [3.63, 3.8) is 0 Å². The number of allylic oxidation sites excluding steroid dienone is 6. The Morgan fingerprint density at radius 3 is 1.76 bits per heavy atom. The van der Waals surface area contributed by atoms with Crippen LogP contribution in [-0.2, 0) is 32.7 Å². The first-order valence-corrected chi connectivity index (χ1v) is 22.2. The second kappa shape index (κ2) is 37.8. The van der Waals surface area contributed by atoms with Crippen molar-refractivity contribution in [3.05, 3.63) is 48.6 Å². The predicted molar refractivity (Wildman–Crippen MR) is 216 cm³/mol. The van der Waals surface area contributed by atoms with Gasteiger partial charge in [0.2, 0.25) is 0 Å². The Kier molecular flexibility index (Phi) is 36.3. The summed E-state index contributed by atoms with van der Waals surface area (Å²) < 4.78 is 32.6. The highest BCUT2D eigenvalue weighted by Gasteiger charge is 2.27. The molecule has 0 aromatic carbocycles. The minimum absolute atomic E-state index is 0.158. The van der Waals surface area contributed by atoms with Gasteiger partial charge in [-0.25, -0.2) is 4.57 Å². The highest BCUT2D eigenvalue weighted by Crippen LogP contribution is 2.43. The maximum absolute atomic E-state index is 12.6. The second-order valence-corrected chi connectivity index (χ2v) is 15.3. The number of aliphatic hydroxyl groups is 3. The molecule has 0 aromatic rings. The Hall–Kier alpha value is -2.11. The lowest BCUT2D eigenvalue weighted by atomic mass is 10.1. The molecule has 4 atom stereocenters. The van der Waals surface area contributed by atoms with E-state index in [9.17, 15) is 29.3 Å². The first-order valence-electron chi connectivity index (χ1n) is 20.7. The fourth-order valence-electron chi connectivity index (χ4n) is 5.32. The molecular weight excluding hydrogens is 711 g/mol. The van der Waals surface area contributed by atoms with Crippen molar-refractivity contribution in [1.29, 1.82) is 0 Å². The normalized spacial score (nSPS) is 15.0. The summed E-state index contributed by atoms with van der Waals surface area (Å²) in [6.07, 6.45) is 35.5. The van der Waals surface area contributed by atoms with Crippen molar-refractivity contribution < 1.29 is 52.9 Å². The Morgan fingerprint density at radius 2 is 1.17 bits per heavy atom. The molecule has 0 aromatic heterocycles. The van der Waals surface area contributed by atoms with E-state index in [1.54, 1.807) is 6.08 Å². The largest absolute Gasteiger partial charge is 0.472 e. The van der Waals surface area contributed by atoms with Gasteiger partial charge in [-0.2, -0.15) is 0 Å². The highest BCUT2D eigenvalue weighted by atomic mass is 31.2. The fourth-order valence-corrected chi connectivity index (χ4v) is 6.11. The molecule has 0 aliphatic heterocycles. The zero-order chi connectivity index (χ0) is 40.0. The number of hydrogen-bond donors (Lipinski definition) is 4. The number of phosphoric acid groups is 1. The number of unbranched alkanes of at least 4 members (excludes halogenated alkanes) is 16. The molecule has 0 saturated carbocycles. The molecule has 0 bridgehead atoms. The number of esters is 2. The third-order valence-corrected chi connectivity index (χ3v) is 9.50. The molecule has 0 heterocycles. The lowest BCUT2D eigenvalue weighted by molar-refractivity contribution is -0.161. The minimum atomic E-state index is -4.63. The Balaban J connectivity index is 4.41. The average molecular weight is 787 g/mol. The Morgan fingerprint density at radius 1 is 0.630 bits per heavy atom. The standard InChI is InChI=1S/C42H75O11P/c1-3-5-7-8-9-10-11-12-13-14-15-18-22-25-29-33-42(47)53-40(37-52-54(48,49)51-35-39(45)34-43)36-50-41(46)32-28-24-21-19-16-17-20-23-27-31-38(44)30-26-6-4-2/h6,12-13,20,23,26-27,31,38-40,43-45H,3-5,7-11,14-19,21-22,24-25,28-30,32-37H2,1-2H3,(H,48,49)/b13-12-,23-20+,26-6+,31-27+/t38?,39-,40+/m0/s1. The molecule has 0 aliphatic rings. The van der Waals surface area contributed by atoms with Crippen LogP contribution < -0.4 is 0 Å². The van der Waals surface area contributed by atoms with Gasteiger partial charge in [0.1, 0.15) is 12.7 Å². The average Bonchev–Trinajstić information content (AvgIpc) is 3.15. The number of carbonyl (C=O) groups is 2. The van der Waals surface area contributed by atoms with Gasteiger partial charge in [0.05, 0.1) is 25.9 Å². The Labute approximate surface area is 326 Å². The number of aliphatic hydroxyl groups excluding tert-OH is 3.